The SMILES string of the molecule is O=C(CSc1ncccn1)NC(Cc1ccccc1)c1ccccc1. The van der Waals surface area contributed by atoms with Crippen LogP contribution in [0.2, 0.25) is 0 Å². The summed E-state index contributed by atoms with van der Waals surface area (Å²) in [6, 6.07) is 21.9. The maximum Gasteiger partial charge on any atom is 0.230 e. The average Bonchev–Trinajstić information content (AvgIpc) is 2.68. The normalized spacial score (nSPS) is 11.7. The zero-order chi connectivity index (χ0) is 17.3. The zero-order valence-corrected chi connectivity index (χ0v) is 14.5. The molecule has 0 saturated heterocycles. The Labute approximate surface area is 151 Å². The highest BCUT2D eigenvalue weighted by Gasteiger charge is 2.15. The molecule has 1 N–H and O–H groups in total. The molecule has 0 spiro atoms. The molecule has 3 rings (SSSR count). The van der Waals surface area contributed by atoms with Crippen LogP contribution in [0.15, 0.2) is 84.3 Å². The Bertz CT molecular complexity index is 782. The Morgan fingerprint density at radius 3 is 2.24 bits per heavy atom. The predicted molar refractivity (Wildman–Crippen MR) is 100 cm³/mol. The summed E-state index contributed by atoms with van der Waals surface area (Å²) in [4.78, 5) is 20.7. The number of carbonyl (C=O) groups is 1. The second-order valence-electron chi connectivity index (χ2n) is 5.54. The number of hydrogen-bond acceptors (Lipinski definition) is 4. The van der Waals surface area contributed by atoms with Crippen molar-refractivity contribution in [2.75, 3.05) is 5.75 Å². The minimum atomic E-state index is -0.0617. The number of amides is 1. The van der Waals surface area contributed by atoms with Gasteiger partial charge < -0.3 is 5.32 Å². The van der Waals surface area contributed by atoms with E-state index in [1.54, 1.807) is 18.5 Å². The van der Waals surface area contributed by atoms with Crippen LogP contribution in [0.5, 0.6) is 0 Å². The third-order valence-electron chi connectivity index (χ3n) is 3.69. The molecule has 2 aromatic carbocycles. The highest BCUT2D eigenvalue weighted by molar-refractivity contribution is 7.99. The summed E-state index contributed by atoms with van der Waals surface area (Å²) in [5.74, 6) is 0.268. The van der Waals surface area contributed by atoms with Gasteiger partial charge in [0.2, 0.25) is 5.91 Å². The van der Waals surface area contributed by atoms with E-state index in [4.69, 9.17) is 0 Å². The number of benzene rings is 2. The standard InChI is InChI=1S/C20H19N3OS/c24-19(15-25-20-21-12-7-13-22-20)23-18(17-10-5-2-6-11-17)14-16-8-3-1-4-9-16/h1-13,18H,14-15H2,(H,23,24). The van der Waals surface area contributed by atoms with Crippen molar-refractivity contribution in [2.45, 2.75) is 17.6 Å². The van der Waals surface area contributed by atoms with Crippen LogP contribution in [0.3, 0.4) is 0 Å². The predicted octanol–water partition coefficient (Wildman–Crippen LogP) is 3.67. The zero-order valence-electron chi connectivity index (χ0n) is 13.7. The number of thioether (sulfide) groups is 1. The molecule has 25 heavy (non-hydrogen) atoms. The molecular formula is C20H19N3OS. The van der Waals surface area contributed by atoms with Crippen molar-refractivity contribution >= 4 is 17.7 Å². The molecule has 0 bridgehead atoms. The van der Waals surface area contributed by atoms with Crippen molar-refractivity contribution < 1.29 is 4.79 Å². The summed E-state index contributed by atoms with van der Waals surface area (Å²) in [5.41, 5.74) is 2.29. The van der Waals surface area contributed by atoms with E-state index in [0.717, 1.165) is 12.0 Å². The van der Waals surface area contributed by atoms with E-state index in [9.17, 15) is 4.79 Å². The quantitative estimate of drug-likeness (QED) is 0.522. The van der Waals surface area contributed by atoms with Crippen molar-refractivity contribution in [3.8, 4) is 0 Å². The third kappa shape index (κ3) is 5.43. The van der Waals surface area contributed by atoms with Gasteiger partial charge in [-0.3, -0.25) is 4.79 Å². The maximum atomic E-state index is 12.4. The summed E-state index contributed by atoms with van der Waals surface area (Å²) >= 11 is 1.34. The molecule has 1 aromatic heterocycles. The van der Waals surface area contributed by atoms with E-state index >= 15 is 0 Å². The number of nitrogens with zero attached hydrogens (tertiary/aromatic N) is 2. The Balaban J connectivity index is 1.66. The number of carbonyl (C=O) groups excluding carboxylic acids is 1. The second kappa shape index (κ2) is 8.99. The molecule has 1 heterocycles. The molecule has 5 heteroatoms. The van der Waals surface area contributed by atoms with E-state index < -0.39 is 0 Å². The fourth-order valence-electron chi connectivity index (χ4n) is 2.51. The molecule has 0 radical (unpaired) electrons. The van der Waals surface area contributed by atoms with Gasteiger partial charge in [-0.15, -0.1) is 0 Å². The fraction of sp³-hybridized carbons (Fsp3) is 0.150. The van der Waals surface area contributed by atoms with Gasteiger partial charge in [0.05, 0.1) is 11.8 Å². The molecule has 4 nitrogen and oxygen atoms in total. The minimum absolute atomic E-state index is 0.0257. The number of nitrogens with one attached hydrogen (secondary N) is 1. The molecule has 0 fully saturated rings. The number of hydrogen-bond donors (Lipinski definition) is 1. The molecule has 1 atom stereocenters. The molecule has 1 unspecified atom stereocenters. The van der Waals surface area contributed by atoms with Crippen LogP contribution in [-0.4, -0.2) is 21.6 Å². The fourth-order valence-corrected chi connectivity index (χ4v) is 3.13. The van der Waals surface area contributed by atoms with Gasteiger partial charge in [0.25, 0.3) is 0 Å². The van der Waals surface area contributed by atoms with Gasteiger partial charge in [0, 0.05) is 12.4 Å². The smallest absolute Gasteiger partial charge is 0.230 e. The van der Waals surface area contributed by atoms with Crippen LogP contribution in [0, 0.1) is 0 Å². The lowest BCUT2D eigenvalue weighted by Crippen LogP contribution is -2.31. The van der Waals surface area contributed by atoms with Crippen molar-refractivity contribution in [2.24, 2.45) is 0 Å². The first kappa shape index (κ1) is 17.2. The lowest BCUT2D eigenvalue weighted by molar-refractivity contribution is -0.119. The highest BCUT2D eigenvalue weighted by atomic mass is 32.2. The van der Waals surface area contributed by atoms with E-state index in [2.05, 4.69) is 27.4 Å². The summed E-state index contributed by atoms with van der Waals surface area (Å²) in [6.45, 7) is 0. The lowest BCUT2D eigenvalue weighted by atomic mass is 9.99. The topological polar surface area (TPSA) is 54.9 Å². The molecule has 126 valence electrons. The van der Waals surface area contributed by atoms with Crippen LogP contribution in [-0.2, 0) is 11.2 Å². The Morgan fingerprint density at radius 1 is 0.920 bits per heavy atom. The summed E-state index contributed by atoms with van der Waals surface area (Å²) < 4.78 is 0. The molecule has 0 aliphatic rings. The van der Waals surface area contributed by atoms with Gasteiger partial charge in [-0.05, 0) is 23.6 Å². The highest BCUT2D eigenvalue weighted by Crippen LogP contribution is 2.19. The Kier molecular flexibility index (Phi) is 6.17. The van der Waals surface area contributed by atoms with Crippen LogP contribution >= 0.6 is 11.8 Å². The largest absolute Gasteiger partial charge is 0.348 e. The molecule has 3 aromatic rings. The van der Waals surface area contributed by atoms with E-state index in [1.807, 2.05) is 48.5 Å². The second-order valence-corrected chi connectivity index (χ2v) is 6.48. The Morgan fingerprint density at radius 2 is 1.56 bits per heavy atom. The Hall–Kier alpha value is -2.66. The molecule has 0 aliphatic heterocycles. The van der Waals surface area contributed by atoms with Crippen LogP contribution in [0.1, 0.15) is 17.2 Å². The van der Waals surface area contributed by atoms with E-state index in [0.29, 0.717) is 10.9 Å². The van der Waals surface area contributed by atoms with Gasteiger partial charge in [-0.1, -0.05) is 72.4 Å². The van der Waals surface area contributed by atoms with Gasteiger partial charge in [-0.2, -0.15) is 0 Å². The summed E-state index contributed by atoms with van der Waals surface area (Å²) in [7, 11) is 0. The lowest BCUT2D eigenvalue weighted by Gasteiger charge is -2.19. The van der Waals surface area contributed by atoms with Gasteiger partial charge in [0.15, 0.2) is 5.16 Å². The maximum absolute atomic E-state index is 12.4. The van der Waals surface area contributed by atoms with E-state index in [1.165, 1.54) is 17.3 Å². The van der Waals surface area contributed by atoms with Crippen molar-refractivity contribution in [3.63, 3.8) is 0 Å². The van der Waals surface area contributed by atoms with Crippen molar-refractivity contribution in [3.05, 3.63) is 90.3 Å². The van der Waals surface area contributed by atoms with Crippen LogP contribution in [0.25, 0.3) is 0 Å². The first-order valence-electron chi connectivity index (χ1n) is 8.09. The minimum Gasteiger partial charge on any atom is -0.348 e. The monoisotopic (exact) mass is 349 g/mol. The third-order valence-corrected chi connectivity index (χ3v) is 4.57. The van der Waals surface area contributed by atoms with Gasteiger partial charge in [-0.25, -0.2) is 9.97 Å². The summed E-state index contributed by atoms with van der Waals surface area (Å²) in [5, 5.41) is 3.75. The van der Waals surface area contributed by atoms with E-state index in [-0.39, 0.29) is 11.9 Å². The molecule has 0 saturated carbocycles. The molecule has 1 amide bonds. The first-order valence-corrected chi connectivity index (χ1v) is 9.08. The van der Waals surface area contributed by atoms with Crippen molar-refractivity contribution in [1.82, 2.24) is 15.3 Å². The van der Waals surface area contributed by atoms with Crippen LogP contribution in [0.4, 0.5) is 0 Å². The first-order chi connectivity index (χ1) is 12.3. The average molecular weight is 349 g/mol. The number of aromatic nitrogens is 2. The number of rotatable bonds is 7. The van der Waals surface area contributed by atoms with Crippen LogP contribution < -0.4 is 5.32 Å². The molecule has 0 aliphatic carbocycles. The van der Waals surface area contributed by atoms with Gasteiger partial charge in [0.1, 0.15) is 0 Å². The molecular weight excluding hydrogens is 330 g/mol. The van der Waals surface area contributed by atoms with Crippen molar-refractivity contribution in [1.29, 1.82) is 0 Å². The summed E-state index contributed by atoms with van der Waals surface area (Å²) in [6.07, 6.45) is 4.11. The van der Waals surface area contributed by atoms with Gasteiger partial charge >= 0.3 is 0 Å².